The smallest absolute Gasteiger partial charge is 0.416 e. The number of carbonyl (C=O) groups is 1. The first-order chi connectivity index (χ1) is 14.2. The van der Waals surface area contributed by atoms with Crippen LogP contribution in [-0.4, -0.2) is 32.1 Å². The fourth-order valence-corrected chi connectivity index (χ4v) is 3.11. The predicted octanol–water partition coefficient (Wildman–Crippen LogP) is 4.12. The van der Waals surface area contributed by atoms with E-state index in [4.69, 9.17) is 4.74 Å². The first-order valence-corrected chi connectivity index (χ1v) is 9.50. The van der Waals surface area contributed by atoms with Gasteiger partial charge in [-0.25, -0.2) is 9.50 Å². The quantitative estimate of drug-likeness (QED) is 0.621. The van der Waals surface area contributed by atoms with Gasteiger partial charge >= 0.3 is 6.18 Å². The molecule has 0 aliphatic carbocycles. The van der Waals surface area contributed by atoms with Gasteiger partial charge in [-0.2, -0.15) is 23.3 Å². The number of hydrogen-bond acceptors (Lipinski definition) is 5. The monoisotopic (exact) mass is 421 g/mol. The Hall–Kier alpha value is -3.17. The lowest BCUT2D eigenvalue weighted by molar-refractivity contribution is -0.137. The van der Waals surface area contributed by atoms with E-state index in [1.165, 1.54) is 12.4 Å². The number of nitrogens with one attached hydrogen (secondary N) is 1. The number of benzene rings is 1. The first-order valence-electron chi connectivity index (χ1n) is 9.50. The van der Waals surface area contributed by atoms with Gasteiger partial charge in [0.25, 0.3) is 5.78 Å². The Morgan fingerprint density at radius 1 is 1.27 bits per heavy atom. The molecule has 0 spiro atoms. The SMILES string of the molecule is CCCOc1ccc(C(F)(F)F)cc1NC(=O)CCc1c(C)nc2ncnn2c1C. The molecular formula is C20H22F3N5O2. The zero-order chi connectivity index (χ0) is 21.9. The molecule has 2 aromatic heterocycles. The summed E-state index contributed by atoms with van der Waals surface area (Å²) in [6.45, 7) is 5.88. The van der Waals surface area contributed by atoms with E-state index in [-0.39, 0.29) is 17.9 Å². The van der Waals surface area contributed by atoms with Crippen LogP contribution >= 0.6 is 0 Å². The Morgan fingerprint density at radius 2 is 2.03 bits per heavy atom. The van der Waals surface area contributed by atoms with Crippen molar-refractivity contribution >= 4 is 17.4 Å². The van der Waals surface area contributed by atoms with E-state index in [9.17, 15) is 18.0 Å². The number of anilines is 1. The van der Waals surface area contributed by atoms with Crippen molar-refractivity contribution in [2.75, 3.05) is 11.9 Å². The van der Waals surface area contributed by atoms with Crippen LogP contribution in [0.4, 0.5) is 18.9 Å². The molecule has 0 unspecified atom stereocenters. The fourth-order valence-electron chi connectivity index (χ4n) is 3.11. The Labute approximate surface area is 171 Å². The fraction of sp³-hybridized carbons (Fsp3) is 0.400. The molecule has 0 bridgehead atoms. The highest BCUT2D eigenvalue weighted by Crippen LogP contribution is 2.35. The zero-order valence-corrected chi connectivity index (χ0v) is 16.9. The minimum atomic E-state index is -4.52. The normalized spacial score (nSPS) is 11.7. The van der Waals surface area contributed by atoms with E-state index < -0.39 is 17.6 Å². The number of amides is 1. The second kappa shape index (κ2) is 8.68. The van der Waals surface area contributed by atoms with Crippen molar-refractivity contribution in [2.45, 2.75) is 46.2 Å². The lowest BCUT2D eigenvalue weighted by Crippen LogP contribution is -2.16. The number of aromatic nitrogens is 4. The van der Waals surface area contributed by atoms with Crippen molar-refractivity contribution in [3.05, 3.63) is 47.0 Å². The van der Waals surface area contributed by atoms with Crippen LogP contribution < -0.4 is 10.1 Å². The summed E-state index contributed by atoms with van der Waals surface area (Å²) in [5.74, 6) is 0.254. The molecule has 1 aromatic carbocycles. The number of aryl methyl sites for hydroxylation is 2. The molecule has 3 rings (SSSR count). The second-order valence-electron chi connectivity index (χ2n) is 6.84. The van der Waals surface area contributed by atoms with Gasteiger partial charge in [0.15, 0.2) is 0 Å². The molecule has 7 nitrogen and oxygen atoms in total. The largest absolute Gasteiger partial charge is 0.491 e. The van der Waals surface area contributed by atoms with E-state index in [1.807, 2.05) is 20.8 Å². The van der Waals surface area contributed by atoms with Gasteiger partial charge in [-0.3, -0.25) is 4.79 Å². The van der Waals surface area contributed by atoms with Crippen molar-refractivity contribution < 1.29 is 22.7 Å². The third-order valence-corrected chi connectivity index (χ3v) is 4.63. The molecule has 3 aromatic rings. The van der Waals surface area contributed by atoms with Crippen molar-refractivity contribution in [1.82, 2.24) is 19.6 Å². The number of ether oxygens (including phenoxy) is 1. The molecule has 30 heavy (non-hydrogen) atoms. The molecule has 0 atom stereocenters. The van der Waals surface area contributed by atoms with E-state index in [0.29, 0.717) is 25.2 Å². The first kappa shape index (κ1) is 21.5. The maximum Gasteiger partial charge on any atom is 0.416 e. The van der Waals surface area contributed by atoms with E-state index in [1.54, 1.807) is 4.52 Å². The van der Waals surface area contributed by atoms with Gasteiger partial charge in [0.2, 0.25) is 5.91 Å². The van der Waals surface area contributed by atoms with E-state index in [0.717, 1.165) is 29.1 Å². The van der Waals surface area contributed by atoms with Gasteiger partial charge in [-0.1, -0.05) is 6.92 Å². The number of carbonyl (C=O) groups excluding carboxylic acids is 1. The average Bonchev–Trinajstić information content (AvgIpc) is 3.14. The summed E-state index contributed by atoms with van der Waals surface area (Å²) in [5.41, 5.74) is 1.53. The molecular weight excluding hydrogens is 399 g/mol. The molecule has 0 aliphatic rings. The number of halogens is 3. The molecule has 0 fully saturated rings. The summed E-state index contributed by atoms with van der Waals surface area (Å²) in [6, 6.07) is 3.06. The lowest BCUT2D eigenvalue weighted by Gasteiger charge is -2.15. The van der Waals surface area contributed by atoms with Crippen molar-refractivity contribution in [2.24, 2.45) is 0 Å². The molecule has 2 heterocycles. The number of hydrogen-bond donors (Lipinski definition) is 1. The van der Waals surface area contributed by atoms with Gasteiger partial charge in [-0.05, 0) is 50.5 Å². The predicted molar refractivity (Wildman–Crippen MR) is 104 cm³/mol. The Bertz CT molecular complexity index is 1060. The molecule has 10 heteroatoms. The Morgan fingerprint density at radius 3 is 2.73 bits per heavy atom. The molecule has 0 saturated heterocycles. The highest BCUT2D eigenvalue weighted by molar-refractivity contribution is 5.92. The van der Waals surface area contributed by atoms with Gasteiger partial charge in [-0.15, -0.1) is 0 Å². The number of alkyl halides is 3. The second-order valence-corrected chi connectivity index (χ2v) is 6.84. The van der Waals surface area contributed by atoms with Crippen LogP contribution in [0.3, 0.4) is 0 Å². The van der Waals surface area contributed by atoms with Crippen LogP contribution in [0, 0.1) is 13.8 Å². The summed E-state index contributed by atoms with van der Waals surface area (Å²) in [5, 5.41) is 6.66. The summed E-state index contributed by atoms with van der Waals surface area (Å²) >= 11 is 0. The number of fused-ring (bicyclic) bond motifs is 1. The standard InChI is InChI=1S/C20H22F3N5O2/c1-4-9-30-17-7-5-14(20(21,22)23)10-16(17)27-18(29)8-6-15-12(2)26-19-24-11-25-28(19)13(15)3/h5,7,10-11H,4,6,8-9H2,1-3H3,(H,27,29). The van der Waals surface area contributed by atoms with Crippen molar-refractivity contribution in [3.8, 4) is 5.75 Å². The molecule has 160 valence electrons. The average molecular weight is 421 g/mol. The van der Waals surface area contributed by atoms with Crippen molar-refractivity contribution in [3.63, 3.8) is 0 Å². The maximum atomic E-state index is 13.1. The minimum Gasteiger partial charge on any atom is -0.491 e. The molecule has 1 amide bonds. The Balaban J connectivity index is 1.77. The highest BCUT2D eigenvalue weighted by atomic mass is 19.4. The highest BCUT2D eigenvalue weighted by Gasteiger charge is 2.31. The topological polar surface area (TPSA) is 81.4 Å². The summed E-state index contributed by atoms with van der Waals surface area (Å²) in [4.78, 5) is 20.9. The third kappa shape index (κ3) is 4.69. The van der Waals surface area contributed by atoms with E-state index in [2.05, 4.69) is 20.4 Å². The molecule has 1 N–H and O–H groups in total. The van der Waals surface area contributed by atoms with Crippen LogP contribution in [0.25, 0.3) is 5.78 Å². The lowest BCUT2D eigenvalue weighted by atomic mass is 10.1. The van der Waals surface area contributed by atoms with Crippen LogP contribution in [0.5, 0.6) is 5.75 Å². The van der Waals surface area contributed by atoms with Gasteiger partial charge in [0.05, 0.1) is 17.9 Å². The zero-order valence-electron chi connectivity index (χ0n) is 16.9. The summed E-state index contributed by atoms with van der Waals surface area (Å²) in [6.07, 6.45) is -2.01. The van der Waals surface area contributed by atoms with Crippen LogP contribution in [-0.2, 0) is 17.4 Å². The minimum absolute atomic E-state index is 0.00146. The third-order valence-electron chi connectivity index (χ3n) is 4.63. The van der Waals surface area contributed by atoms with Crippen LogP contribution in [0.15, 0.2) is 24.5 Å². The van der Waals surface area contributed by atoms with Gasteiger partial charge in [0, 0.05) is 17.8 Å². The molecule has 0 aliphatic heterocycles. The van der Waals surface area contributed by atoms with Crippen molar-refractivity contribution in [1.29, 1.82) is 0 Å². The summed E-state index contributed by atoms with van der Waals surface area (Å²) in [7, 11) is 0. The number of nitrogens with zero attached hydrogens (tertiary/aromatic N) is 4. The molecule has 0 saturated carbocycles. The maximum absolute atomic E-state index is 13.1. The molecule has 0 radical (unpaired) electrons. The summed E-state index contributed by atoms with van der Waals surface area (Å²) < 4.78 is 46.3. The number of rotatable bonds is 7. The Kier molecular flexibility index (Phi) is 6.23. The van der Waals surface area contributed by atoms with Crippen LogP contribution in [0.1, 0.15) is 42.3 Å². The van der Waals surface area contributed by atoms with Gasteiger partial charge < -0.3 is 10.1 Å². The van der Waals surface area contributed by atoms with Crippen LogP contribution in [0.2, 0.25) is 0 Å². The van der Waals surface area contributed by atoms with Gasteiger partial charge in [0.1, 0.15) is 12.1 Å². The van der Waals surface area contributed by atoms with E-state index >= 15 is 0 Å².